The summed E-state index contributed by atoms with van der Waals surface area (Å²) in [5.74, 6) is -0.310. The first kappa shape index (κ1) is 15.8. The zero-order valence-electron chi connectivity index (χ0n) is 11.5. The van der Waals surface area contributed by atoms with Gasteiger partial charge in [0.2, 0.25) is 5.91 Å². The number of hydrogen-bond donors (Lipinski definition) is 2. The molecule has 0 aliphatic rings. The number of primary amides is 1. The van der Waals surface area contributed by atoms with Gasteiger partial charge in [0, 0.05) is 10.7 Å². The molecule has 0 saturated heterocycles. The molecular weight excluding hydrogens is 260 g/mol. The van der Waals surface area contributed by atoms with Crippen LogP contribution in [-0.4, -0.2) is 11.9 Å². The van der Waals surface area contributed by atoms with E-state index in [1.165, 1.54) is 19.3 Å². The van der Waals surface area contributed by atoms with Crippen molar-refractivity contribution in [2.45, 2.75) is 51.5 Å². The molecule has 0 bridgehead atoms. The second-order valence-corrected chi connectivity index (χ2v) is 5.25. The molecule has 19 heavy (non-hydrogen) atoms. The number of amides is 1. The van der Waals surface area contributed by atoms with Crippen molar-refractivity contribution in [3.63, 3.8) is 0 Å². The largest absolute Gasteiger partial charge is 0.374 e. The smallest absolute Gasteiger partial charge is 0.239 e. The number of carbonyl (C=O) groups is 1. The summed E-state index contributed by atoms with van der Waals surface area (Å²) in [7, 11) is 0. The maximum atomic E-state index is 11.4. The number of nitrogens with one attached hydrogen (secondary N) is 1. The molecule has 0 heterocycles. The van der Waals surface area contributed by atoms with Gasteiger partial charge in [-0.05, 0) is 24.6 Å². The second kappa shape index (κ2) is 8.81. The Kier molecular flexibility index (Phi) is 7.34. The highest BCUT2D eigenvalue weighted by atomic mass is 35.5. The minimum Gasteiger partial charge on any atom is -0.374 e. The van der Waals surface area contributed by atoms with Crippen LogP contribution < -0.4 is 11.1 Å². The van der Waals surface area contributed by atoms with E-state index in [4.69, 9.17) is 17.3 Å². The van der Waals surface area contributed by atoms with Crippen LogP contribution in [0.4, 0.5) is 5.69 Å². The van der Waals surface area contributed by atoms with E-state index in [2.05, 4.69) is 12.2 Å². The molecule has 4 heteroatoms. The molecule has 0 radical (unpaired) electrons. The number of carbonyl (C=O) groups excluding carboxylic acids is 1. The van der Waals surface area contributed by atoms with Gasteiger partial charge in [-0.3, -0.25) is 4.79 Å². The van der Waals surface area contributed by atoms with Gasteiger partial charge in [0.25, 0.3) is 0 Å². The molecule has 1 aromatic rings. The number of nitrogens with two attached hydrogens (primary N) is 1. The molecule has 0 aromatic heterocycles. The molecule has 106 valence electrons. The van der Waals surface area contributed by atoms with Crippen LogP contribution in [0.3, 0.4) is 0 Å². The standard InChI is InChI=1S/C15H23ClN2O/c1-2-3-4-5-6-10-14(15(17)19)18-13-9-7-8-12(16)11-13/h7-9,11,14,18H,2-6,10H2,1H3,(H2,17,19). The summed E-state index contributed by atoms with van der Waals surface area (Å²) in [5.41, 5.74) is 6.27. The van der Waals surface area contributed by atoms with Gasteiger partial charge in [0.05, 0.1) is 0 Å². The third-order valence-electron chi connectivity index (χ3n) is 3.11. The van der Waals surface area contributed by atoms with Crippen molar-refractivity contribution >= 4 is 23.2 Å². The maximum absolute atomic E-state index is 11.4. The Morgan fingerprint density at radius 1 is 1.32 bits per heavy atom. The monoisotopic (exact) mass is 282 g/mol. The van der Waals surface area contributed by atoms with Gasteiger partial charge in [-0.2, -0.15) is 0 Å². The summed E-state index contributed by atoms with van der Waals surface area (Å²) in [6, 6.07) is 7.02. The fourth-order valence-corrected chi connectivity index (χ4v) is 2.21. The highest BCUT2D eigenvalue weighted by Gasteiger charge is 2.14. The average molecular weight is 283 g/mol. The van der Waals surface area contributed by atoms with Crippen LogP contribution in [-0.2, 0) is 4.79 Å². The van der Waals surface area contributed by atoms with Gasteiger partial charge < -0.3 is 11.1 Å². The van der Waals surface area contributed by atoms with Gasteiger partial charge in [0.15, 0.2) is 0 Å². The molecule has 0 aliphatic heterocycles. The van der Waals surface area contributed by atoms with E-state index in [-0.39, 0.29) is 11.9 Å². The van der Waals surface area contributed by atoms with Crippen molar-refractivity contribution in [2.24, 2.45) is 5.73 Å². The predicted molar refractivity (Wildman–Crippen MR) is 81.4 cm³/mol. The zero-order valence-corrected chi connectivity index (χ0v) is 12.2. The Morgan fingerprint density at radius 2 is 2.05 bits per heavy atom. The number of benzene rings is 1. The van der Waals surface area contributed by atoms with Crippen LogP contribution in [0.25, 0.3) is 0 Å². The lowest BCUT2D eigenvalue weighted by Crippen LogP contribution is -2.35. The van der Waals surface area contributed by atoms with Crippen molar-refractivity contribution in [1.82, 2.24) is 0 Å². The zero-order chi connectivity index (χ0) is 14.1. The van der Waals surface area contributed by atoms with Crippen LogP contribution in [0, 0.1) is 0 Å². The van der Waals surface area contributed by atoms with E-state index in [0.29, 0.717) is 5.02 Å². The number of rotatable bonds is 9. The SMILES string of the molecule is CCCCCCCC(Nc1cccc(Cl)c1)C(N)=O. The quantitative estimate of drug-likeness (QED) is 0.674. The fraction of sp³-hybridized carbons (Fsp3) is 0.533. The Hall–Kier alpha value is -1.22. The predicted octanol–water partition coefficient (Wildman–Crippen LogP) is 3.97. The molecular formula is C15H23ClN2O. The third-order valence-corrected chi connectivity index (χ3v) is 3.34. The third kappa shape index (κ3) is 6.48. The number of halogens is 1. The first-order valence-electron chi connectivity index (χ1n) is 6.95. The first-order valence-corrected chi connectivity index (χ1v) is 7.32. The van der Waals surface area contributed by atoms with Crippen molar-refractivity contribution in [2.75, 3.05) is 5.32 Å². The lowest BCUT2D eigenvalue weighted by molar-refractivity contribution is -0.118. The number of hydrogen-bond acceptors (Lipinski definition) is 2. The summed E-state index contributed by atoms with van der Waals surface area (Å²) in [4.78, 5) is 11.4. The summed E-state index contributed by atoms with van der Waals surface area (Å²) in [6.07, 6.45) is 6.63. The molecule has 0 spiro atoms. The Balaban J connectivity index is 2.42. The Labute approximate surface area is 120 Å². The number of anilines is 1. The summed E-state index contributed by atoms with van der Waals surface area (Å²) in [6.45, 7) is 2.19. The summed E-state index contributed by atoms with van der Waals surface area (Å²) < 4.78 is 0. The summed E-state index contributed by atoms with van der Waals surface area (Å²) >= 11 is 5.91. The molecule has 1 rings (SSSR count). The normalized spacial score (nSPS) is 12.1. The van der Waals surface area contributed by atoms with Gasteiger partial charge >= 0.3 is 0 Å². The summed E-state index contributed by atoms with van der Waals surface area (Å²) in [5, 5.41) is 3.80. The fourth-order valence-electron chi connectivity index (χ4n) is 2.02. The average Bonchev–Trinajstić information content (AvgIpc) is 2.37. The Bertz CT molecular complexity index is 395. The molecule has 1 unspecified atom stereocenters. The van der Waals surface area contributed by atoms with Crippen LogP contribution in [0.15, 0.2) is 24.3 Å². The first-order chi connectivity index (χ1) is 9.13. The van der Waals surface area contributed by atoms with Crippen molar-refractivity contribution in [3.05, 3.63) is 29.3 Å². The van der Waals surface area contributed by atoms with Crippen LogP contribution >= 0.6 is 11.6 Å². The van der Waals surface area contributed by atoms with E-state index in [9.17, 15) is 4.79 Å². The Morgan fingerprint density at radius 3 is 2.68 bits per heavy atom. The van der Waals surface area contributed by atoms with Crippen LogP contribution in [0.5, 0.6) is 0 Å². The van der Waals surface area contributed by atoms with Crippen LogP contribution in [0.1, 0.15) is 45.4 Å². The molecule has 1 atom stereocenters. The van der Waals surface area contributed by atoms with Gasteiger partial charge in [-0.1, -0.05) is 56.7 Å². The molecule has 3 N–H and O–H groups in total. The molecule has 0 fully saturated rings. The topological polar surface area (TPSA) is 55.1 Å². The molecule has 3 nitrogen and oxygen atoms in total. The highest BCUT2D eigenvalue weighted by molar-refractivity contribution is 6.30. The molecule has 0 aliphatic carbocycles. The van der Waals surface area contributed by atoms with Gasteiger partial charge in [-0.15, -0.1) is 0 Å². The van der Waals surface area contributed by atoms with Crippen LogP contribution in [0.2, 0.25) is 5.02 Å². The molecule has 1 aromatic carbocycles. The molecule has 1 amide bonds. The lowest BCUT2D eigenvalue weighted by atomic mass is 10.1. The lowest BCUT2D eigenvalue weighted by Gasteiger charge is -2.16. The van der Waals surface area contributed by atoms with E-state index in [0.717, 1.165) is 24.9 Å². The van der Waals surface area contributed by atoms with E-state index >= 15 is 0 Å². The second-order valence-electron chi connectivity index (χ2n) is 4.81. The highest BCUT2D eigenvalue weighted by Crippen LogP contribution is 2.17. The van der Waals surface area contributed by atoms with E-state index in [1.54, 1.807) is 12.1 Å². The molecule has 0 saturated carbocycles. The van der Waals surface area contributed by atoms with E-state index in [1.807, 2.05) is 12.1 Å². The number of unbranched alkanes of at least 4 members (excludes halogenated alkanes) is 4. The maximum Gasteiger partial charge on any atom is 0.239 e. The minimum absolute atomic E-state index is 0.310. The van der Waals surface area contributed by atoms with Gasteiger partial charge in [-0.25, -0.2) is 0 Å². The van der Waals surface area contributed by atoms with Gasteiger partial charge in [0.1, 0.15) is 6.04 Å². The van der Waals surface area contributed by atoms with Crippen molar-refractivity contribution in [3.8, 4) is 0 Å². The van der Waals surface area contributed by atoms with Crippen molar-refractivity contribution < 1.29 is 4.79 Å². The van der Waals surface area contributed by atoms with E-state index < -0.39 is 0 Å². The minimum atomic E-state index is -0.319. The van der Waals surface area contributed by atoms with Crippen molar-refractivity contribution in [1.29, 1.82) is 0 Å².